The Balaban J connectivity index is 2.03. The van der Waals surface area contributed by atoms with Crippen LogP contribution in [0.3, 0.4) is 0 Å². The fourth-order valence-electron chi connectivity index (χ4n) is 1.73. The lowest BCUT2D eigenvalue weighted by Gasteiger charge is -2.05. The number of halogens is 1. The maximum atomic E-state index is 5.69. The lowest BCUT2D eigenvalue weighted by atomic mass is 10.3. The summed E-state index contributed by atoms with van der Waals surface area (Å²) >= 11 is 5.07. The molecule has 0 radical (unpaired) electrons. The van der Waals surface area contributed by atoms with Gasteiger partial charge in [-0.05, 0) is 52.3 Å². The normalized spacial score (nSPS) is 10.8. The van der Waals surface area contributed by atoms with Gasteiger partial charge in [-0.2, -0.15) is 0 Å². The fraction of sp³-hybridized carbons (Fsp3) is 0. The van der Waals surface area contributed by atoms with Crippen molar-refractivity contribution < 1.29 is 0 Å². The number of nitrogen functional groups attached to an aromatic ring is 1. The van der Waals surface area contributed by atoms with Crippen molar-refractivity contribution in [2.24, 2.45) is 0 Å². The minimum Gasteiger partial charge on any atom is -0.399 e. The number of benzene rings is 1. The second-order valence-electron chi connectivity index (χ2n) is 4.00. The zero-order valence-electron chi connectivity index (χ0n) is 9.88. The van der Waals surface area contributed by atoms with Gasteiger partial charge in [0, 0.05) is 32.3 Å². The van der Waals surface area contributed by atoms with Gasteiger partial charge in [0.2, 0.25) is 0 Å². The van der Waals surface area contributed by atoms with Crippen molar-refractivity contribution >= 4 is 44.4 Å². The molecule has 19 heavy (non-hydrogen) atoms. The highest BCUT2D eigenvalue weighted by atomic mass is 79.9. The van der Waals surface area contributed by atoms with Crippen molar-refractivity contribution in [1.82, 2.24) is 9.97 Å². The van der Waals surface area contributed by atoms with E-state index in [1.807, 2.05) is 36.4 Å². The smallest absolute Gasteiger partial charge is 0.103 e. The summed E-state index contributed by atoms with van der Waals surface area (Å²) in [6, 6.07) is 11.8. The first kappa shape index (κ1) is 12.4. The lowest BCUT2D eigenvalue weighted by molar-refractivity contribution is 1.26. The third-order valence-corrected chi connectivity index (χ3v) is 4.11. The standard InChI is InChI=1S/C14H10BrN3S/c15-9-7-12-14(18-8-9)13(5-6-17-12)19-11-3-1-10(16)2-4-11/h1-8H,16H2. The van der Waals surface area contributed by atoms with Gasteiger partial charge in [-0.3, -0.25) is 9.97 Å². The van der Waals surface area contributed by atoms with Crippen LogP contribution in [0.15, 0.2) is 63.1 Å². The molecular formula is C14H10BrN3S. The number of aromatic nitrogens is 2. The van der Waals surface area contributed by atoms with Crippen LogP contribution in [0.2, 0.25) is 0 Å². The molecule has 3 aromatic rings. The van der Waals surface area contributed by atoms with Crippen LogP contribution < -0.4 is 5.73 Å². The number of fused-ring (bicyclic) bond motifs is 1. The van der Waals surface area contributed by atoms with E-state index in [4.69, 9.17) is 5.73 Å². The average molecular weight is 332 g/mol. The molecule has 3 rings (SSSR count). The Morgan fingerprint density at radius 1 is 1.05 bits per heavy atom. The summed E-state index contributed by atoms with van der Waals surface area (Å²) in [6.07, 6.45) is 3.59. The van der Waals surface area contributed by atoms with Crippen LogP contribution >= 0.6 is 27.7 Å². The van der Waals surface area contributed by atoms with E-state index in [1.165, 1.54) is 0 Å². The molecule has 0 aliphatic rings. The molecule has 0 unspecified atom stereocenters. The summed E-state index contributed by atoms with van der Waals surface area (Å²) in [4.78, 5) is 11.0. The van der Waals surface area contributed by atoms with Gasteiger partial charge in [-0.25, -0.2) is 0 Å². The lowest BCUT2D eigenvalue weighted by Crippen LogP contribution is -1.86. The SMILES string of the molecule is Nc1ccc(Sc2ccnc3cc(Br)cnc23)cc1. The number of pyridine rings is 2. The van der Waals surface area contributed by atoms with E-state index in [1.54, 1.807) is 24.2 Å². The minimum absolute atomic E-state index is 0.769. The van der Waals surface area contributed by atoms with E-state index in [9.17, 15) is 0 Å². The summed E-state index contributed by atoms with van der Waals surface area (Å²) < 4.78 is 0.933. The minimum atomic E-state index is 0.769. The molecule has 0 amide bonds. The Hall–Kier alpha value is -1.59. The van der Waals surface area contributed by atoms with Crippen LogP contribution in [0.4, 0.5) is 5.69 Å². The Morgan fingerprint density at radius 2 is 1.84 bits per heavy atom. The monoisotopic (exact) mass is 331 g/mol. The van der Waals surface area contributed by atoms with E-state index < -0.39 is 0 Å². The van der Waals surface area contributed by atoms with Crippen molar-refractivity contribution in [3.63, 3.8) is 0 Å². The van der Waals surface area contributed by atoms with E-state index in [0.717, 1.165) is 31.0 Å². The molecular weight excluding hydrogens is 322 g/mol. The maximum Gasteiger partial charge on any atom is 0.103 e. The van der Waals surface area contributed by atoms with Gasteiger partial charge in [0.1, 0.15) is 5.52 Å². The zero-order chi connectivity index (χ0) is 13.2. The molecule has 2 heterocycles. The van der Waals surface area contributed by atoms with Gasteiger partial charge < -0.3 is 5.73 Å². The molecule has 0 saturated carbocycles. The highest BCUT2D eigenvalue weighted by Crippen LogP contribution is 2.32. The third kappa shape index (κ3) is 2.72. The molecule has 0 saturated heterocycles. The number of anilines is 1. The van der Waals surface area contributed by atoms with E-state index in [0.29, 0.717) is 0 Å². The van der Waals surface area contributed by atoms with Crippen molar-refractivity contribution in [2.75, 3.05) is 5.73 Å². The quantitative estimate of drug-likeness (QED) is 0.717. The summed E-state index contributed by atoms with van der Waals surface area (Å²) in [7, 11) is 0. The molecule has 0 aliphatic heterocycles. The van der Waals surface area contributed by atoms with E-state index in [-0.39, 0.29) is 0 Å². The number of hydrogen-bond donors (Lipinski definition) is 1. The van der Waals surface area contributed by atoms with Crippen LogP contribution in [0.25, 0.3) is 11.0 Å². The molecule has 0 spiro atoms. The molecule has 0 bridgehead atoms. The number of hydrogen-bond acceptors (Lipinski definition) is 4. The Labute approximate surface area is 123 Å². The fourth-order valence-corrected chi connectivity index (χ4v) is 2.95. The predicted octanol–water partition coefficient (Wildman–Crippen LogP) is 4.13. The van der Waals surface area contributed by atoms with E-state index in [2.05, 4.69) is 25.9 Å². The predicted molar refractivity (Wildman–Crippen MR) is 82.2 cm³/mol. The van der Waals surface area contributed by atoms with E-state index >= 15 is 0 Å². The highest BCUT2D eigenvalue weighted by Gasteiger charge is 2.05. The Morgan fingerprint density at radius 3 is 2.63 bits per heavy atom. The summed E-state index contributed by atoms with van der Waals surface area (Å²) in [6.45, 7) is 0. The molecule has 0 atom stereocenters. The van der Waals surface area contributed by atoms with Crippen molar-refractivity contribution in [3.8, 4) is 0 Å². The van der Waals surface area contributed by atoms with Gasteiger partial charge >= 0.3 is 0 Å². The summed E-state index contributed by atoms with van der Waals surface area (Å²) in [5, 5.41) is 0. The Bertz CT molecular complexity index is 728. The first-order valence-electron chi connectivity index (χ1n) is 5.66. The van der Waals surface area contributed by atoms with Crippen LogP contribution in [0.1, 0.15) is 0 Å². The number of nitrogens with two attached hydrogens (primary N) is 1. The van der Waals surface area contributed by atoms with Crippen molar-refractivity contribution in [3.05, 3.63) is 53.3 Å². The number of rotatable bonds is 2. The van der Waals surface area contributed by atoms with Gasteiger partial charge in [0.05, 0.1) is 5.52 Å². The molecule has 2 aromatic heterocycles. The molecule has 3 nitrogen and oxygen atoms in total. The van der Waals surface area contributed by atoms with Gasteiger partial charge in [-0.1, -0.05) is 11.8 Å². The molecule has 2 N–H and O–H groups in total. The topological polar surface area (TPSA) is 51.8 Å². The van der Waals surface area contributed by atoms with Crippen molar-refractivity contribution in [1.29, 1.82) is 0 Å². The van der Waals surface area contributed by atoms with Crippen LogP contribution in [0, 0.1) is 0 Å². The van der Waals surface area contributed by atoms with Crippen LogP contribution in [-0.2, 0) is 0 Å². The maximum absolute atomic E-state index is 5.69. The molecule has 94 valence electrons. The summed E-state index contributed by atoms with van der Waals surface area (Å²) in [5.41, 5.74) is 8.25. The van der Waals surface area contributed by atoms with Crippen molar-refractivity contribution in [2.45, 2.75) is 9.79 Å². The second kappa shape index (κ2) is 5.19. The largest absolute Gasteiger partial charge is 0.399 e. The average Bonchev–Trinajstić information content (AvgIpc) is 2.41. The molecule has 0 aliphatic carbocycles. The third-order valence-electron chi connectivity index (χ3n) is 2.62. The van der Waals surface area contributed by atoms with Crippen LogP contribution in [0.5, 0.6) is 0 Å². The van der Waals surface area contributed by atoms with Gasteiger partial charge in [0.25, 0.3) is 0 Å². The second-order valence-corrected chi connectivity index (χ2v) is 6.03. The highest BCUT2D eigenvalue weighted by molar-refractivity contribution is 9.10. The Kier molecular flexibility index (Phi) is 3.40. The zero-order valence-corrected chi connectivity index (χ0v) is 12.3. The number of nitrogens with zero attached hydrogens (tertiary/aromatic N) is 2. The van der Waals surface area contributed by atoms with Crippen LogP contribution in [-0.4, -0.2) is 9.97 Å². The first-order valence-corrected chi connectivity index (χ1v) is 7.27. The summed E-state index contributed by atoms with van der Waals surface area (Å²) in [5.74, 6) is 0. The molecule has 5 heteroatoms. The molecule has 1 aromatic carbocycles. The van der Waals surface area contributed by atoms with Gasteiger partial charge in [0.15, 0.2) is 0 Å². The molecule has 0 fully saturated rings. The van der Waals surface area contributed by atoms with Gasteiger partial charge in [-0.15, -0.1) is 0 Å². The first-order chi connectivity index (χ1) is 9.22.